The second-order valence-electron chi connectivity index (χ2n) is 2.53. The molecule has 0 atom stereocenters. The van der Waals surface area contributed by atoms with Crippen molar-refractivity contribution in [2.24, 2.45) is 7.05 Å². The van der Waals surface area contributed by atoms with Gasteiger partial charge in [0, 0.05) is 18.7 Å². The third-order valence-electron chi connectivity index (χ3n) is 1.54. The van der Waals surface area contributed by atoms with Crippen molar-refractivity contribution in [3.05, 3.63) is 33.8 Å². The maximum Gasteiger partial charge on any atom is 0.267 e. The largest absolute Gasteiger partial charge is 0.268 e. The van der Waals surface area contributed by atoms with Crippen LogP contribution < -0.4 is 5.56 Å². The van der Waals surface area contributed by atoms with Gasteiger partial charge in [0.1, 0.15) is 17.7 Å². The first kappa shape index (κ1) is 9.69. The molecule has 0 aliphatic carbocycles. The quantitative estimate of drug-likeness (QED) is 0.587. The minimum atomic E-state index is -0.283. The highest BCUT2D eigenvalue weighted by molar-refractivity contribution is 5.60. The molecule has 0 saturated carbocycles. The smallest absolute Gasteiger partial charge is 0.267 e. The lowest BCUT2D eigenvalue weighted by Crippen LogP contribution is -2.17. The number of hydrogen-bond acceptors (Lipinski definition) is 4. The van der Waals surface area contributed by atoms with Gasteiger partial charge < -0.3 is 0 Å². The van der Waals surface area contributed by atoms with Gasteiger partial charge in [-0.2, -0.15) is 15.6 Å². The Bertz CT molecular complexity index is 497. The van der Waals surface area contributed by atoms with Crippen molar-refractivity contribution >= 4 is 6.08 Å². The zero-order valence-electron chi connectivity index (χ0n) is 7.43. The lowest BCUT2D eigenvalue weighted by Gasteiger charge is -1.94. The summed E-state index contributed by atoms with van der Waals surface area (Å²) in [6.45, 7) is 0. The fraction of sp³-hybridized carbons (Fsp3) is 0.111. The van der Waals surface area contributed by atoms with E-state index < -0.39 is 0 Å². The molecule has 0 saturated heterocycles. The second-order valence-corrected chi connectivity index (χ2v) is 2.53. The summed E-state index contributed by atoms with van der Waals surface area (Å²) in [5, 5.41) is 20.7. The van der Waals surface area contributed by atoms with E-state index in [1.165, 1.54) is 25.4 Å². The van der Waals surface area contributed by atoms with E-state index in [4.69, 9.17) is 10.5 Å². The van der Waals surface area contributed by atoms with E-state index in [0.717, 1.165) is 4.68 Å². The van der Waals surface area contributed by atoms with Crippen LogP contribution in [-0.2, 0) is 7.05 Å². The van der Waals surface area contributed by atoms with Crippen molar-refractivity contribution in [2.45, 2.75) is 0 Å². The zero-order chi connectivity index (χ0) is 10.6. The summed E-state index contributed by atoms with van der Waals surface area (Å²) in [5.41, 5.74) is 0.111. The van der Waals surface area contributed by atoms with Crippen molar-refractivity contribution < 1.29 is 0 Å². The summed E-state index contributed by atoms with van der Waals surface area (Å²) >= 11 is 0. The summed E-state index contributed by atoms with van der Waals surface area (Å²) in [6.07, 6.45) is 2.73. The molecule has 5 heteroatoms. The van der Waals surface area contributed by atoms with Gasteiger partial charge in [0.05, 0.1) is 6.20 Å². The number of rotatable bonds is 1. The Morgan fingerprint density at radius 1 is 1.57 bits per heavy atom. The molecule has 1 aromatic heterocycles. The van der Waals surface area contributed by atoms with E-state index in [-0.39, 0.29) is 11.1 Å². The molecular weight excluding hydrogens is 180 g/mol. The lowest BCUT2D eigenvalue weighted by atomic mass is 10.2. The third-order valence-corrected chi connectivity index (χ3v) is 1.54. The van der Waals surface area contributed by atoms with E-state index in [9.17, 15) is 4.79 Å². The van der Waals surface area contributed by atoms with Crippen LogP contribution in [-0.4, -0.2) is 9.78 Å². The Morgan fingerprint density at radius 2 is 2.21 bits per heavy atom. The molecule has 0 unspecified atom stereocenters. The number of nitrogens with zero attached hydrogens (tertiary/aromatic N) is 4. The van der Waals surface area contributed by atoms with Crippen LogP contribution in [0.25, 0.3) is 6.08 Å². The normalized spacial score (nSPS) is 8.50. The Kier molecular flexibility index (Phi) is 2.78. The average molecular weight is 186 g/mol. The number of nitriles is 2. The molecule has 0 fully saturated rings. The monoisotopic (exact) mass is 186 g/mol. The van der Waals surface area contributed by atoms with Crippen LogP contribution in [0.1, 0.15) is 5.56 Å². The highest BCUT2D eigenvalue weighted by Crippen LogP contribution is 2.00. The van der Waals surface area contributed by atoms with Crippen LogP contribution in [0.3, 0.4) is 0 Å². The molecule has 0 aliphatic rings. The Hall–Kier alpha value is -2.40. The van der Waals surface area contributed by atoms with E-state index in [1.807, 2.05) is 0 Å². The fourth-order valence-corrected chi connectivity index (χ4v) is 0.819. The summed E-state index contributed by atoms with van der Waals surface area (Å²) < 4.78 is 1.16. The van der Waals surface area contributed by atoms with Crippen LogP contribution in [0.5, 0.6) is 0 Å². The van der Waals surface area contributed by atoms with Gasteiger partial charge in [-0.05, 0) is 6.08 Å². The average Bonchev–Trinajstić information content (AvgIpc) is 2.19. The lowest BCUT2D eigenvalue weighted by molar-refractivity contribution is 0.706. The third kappa shape index (κ3) is 2.05. The molecule has 1 aromatic rings. The Balaban J connectivity index is 3.20. The zero-order valence-corrected chi connectivity index (χ0v) is 7.43. The minimum Gasteiger partial charge on any atom is -0.268 e. The van der Waals surface area contributed by atoms with Crippen LogP contribution >= 0.6 is 0 Å². The molecule has 0 amide bonds. The maximum atomic E-state index is 11.1. The van der Waals surface area contributed by atoms with Gasteiger partial charge in [-0.3, -0.25) is 4.79 Å². The molecule has 0 bridgehead atoms. The predicted molar refractivity (Wildman–Crippen MR) is 48.7 cm³/mol. The molecule has 68 valence electrons. The molecule has 0 radical (unpaired) electrons. The molecule has 14 heavy (non-hydrogen) atoms. The van der Waals surface area contributed by atoms with Crippen LogP contribution in [0.4, 0.5) is 0 Å². The van der Waals surface area contributed by atoms with Gasteiger partial charge in [0.25, 0.3) is 5.56 Å². The van der Waals surface area contributed by atoms with Crippen molar-refractivity contribution in [1.29, 1.82) is 10.5 Å². The minimum absolute atomic E-state index is 0.0555. The molecule has 0 N–H and O–H groups in total. The van der Waals surface area contributed by atoms with Gasteiger partial charge in [0.2, 0.25) is 0 Å². The summed E-state index contributed by atoms with van der Waals surface area (Å²) in [7, 11) is 1.52. The molecular formula is C9H6N4O. The molecule has 1 heterocycles. The number of hydrogen-bond donors (Lipinski definition) is 0. The standard InChI is InChI=1S/C9H6N4O/c1-13-9(14)3-7(6-12-13)2-8(4-10)5-11/h2-3,6H,1H3. The topological polar surface area (TPSA) is 82.5 Å². The maximum absolute atomic E-state index is 11.1. The van der Waals surface area contributed by atoms with Crippen molar-refractivity contribution in [3.63, 3.8) is 0 Å². The molecule has 5 nitrogen and oxygen atoms in total. The molecule has 1 rings (SSSR count). The first-order valence-electron chi connectivity index (χ1n) is 3.72. The van der Waals surface area contributed by atoms with Crippen LogP contribution in [0.2, 0.25) is 0 Å². The summed E-state index contributed by atoms with van der Waals surface area (Å²) in [4.78, 5) is 11.1. The van der Waals surface area contributed by atoms with E-state index in [0.29, 0.717) is 5.56 Å². The number of aromatic nitrogens is 2. The highest BCUT2D eigenvalue weighted by Gasteiger charge is 1.96. The molecule has 0 spiro atoms. The highest BCUT2D eigenvalue weighted by atomic mass is 16.1. The van der Waals surface area contributed by atoms with E-state index in [2.05, 4.69) is 5.10 Å². The Morgan fingerprint density at radius 3 is 2.71 bits per heavy atom. The van der Waals surface area contributed by atoms with E-state index >= 15 is 0 Å². The number of aryl methyl sites for hydroxylation is 1. The van der Waals surface area contributed by atoms with E-state index in [1.54, 1.807) is 12.1 Å². The first-order chi connectivity index (χ1) is 6.67. The number of allylic oxidation sites excluding steroid dienone is 1. The second kappa shape index (κ2) is 4.01. The first-order valence-corrected chi connectivity index (χ1v) is 3.72. The SMILES string of the molecule is Cn1ncc(C=C(C#N)C#N)cc1=O. The van der Waals surface area contributed by atoms with Crippen molar-refractivity contribution in [1.82, 2.24) is 9.78 Å². The van der Waals surface area contributed by atoms with Crippen molar-refractivity contribution in [3.8, 4) is 12.1 Å². The van der Waals surface area contributed by atoms with Crippen LogP contribution in [0, 0.1) is 22.7 Å². The van der Waals surface area contributed by atoms with Crippen LogP contribution in [0.15, 0.2) is 22.6 Å². The van der Waals surface area contributed by atoms with Crippen molar-refractivity contribution in [2.75, 3.05) is 0 Å². The molecule has 0 aromatic carbocycles. The molecule has 0 aliphatic heterocycles. The predicted octanol–water partition coefficient (Wildman–Crippen LogP) is 0.211. The van der Waals surface area contributed by atoms with Gasteiger partial charge in [-0.15, -0.1) is 0 Å². The Labute approximate surface area is 80.1 Å². The fourth-order valence-electron chi connectivity index (χ4n) is 0.819. The van der Waals surface area contributed by atoms with Gasteiger partial charge in [0.15, 0.2) is 0 Å². The summed E-state index contributed by atoms with van der Waals surface area (Å²) in [6, 6.07) is 4.70. The summed E-state index contributed by atoms with van der Waals surface area (Å²) in [5.74, 6) is 0. The van der Waals surface area contributed by atoms with Gasteiger partial charge >= 0.3 is 0 Å². The van der Waals surface area contributed by atoms with Gasteiger partial charge in [-0.1, -0.05) is 0 Å². The van der Waals surface area contributed by atoms with Gasteiger partial charge in [-0.25, -0.2) is 4.68 Å².